The van der Waals surface area contributed by atoms with E-state index in [2.05, 4.69) is 10.1 Å². The molecule has 3 amide bonds. The van der Waals surface area contributed by atoms with Gasteiger partial charge in [0, 0.05) is 0 Å². The highest BCUT2D eigenvalue weighted by Crippen LogP contribution is 2.09. The number of nitrogens with one attached hydrogen (secondary N) is 1. The second kappa shape index (κ2) is 4.60. The van der Waals surface area contributed by atoms with Crippen LogP contribution in [-0.2, 0) is 19.1 Å². The van der Waals surface area contributed by atoms with Gasteiger partial charge in [-0.25, -0.2) is 4.79 Å². The van der Waals surface area contributed by atoms with Crippen molar-refractivity contribution in [3.8, 4) is 0 Å². The van der Waals surface area contributed by atoms with E-state index in [1.807, 2.05) is 0 Å². The largest absolute Gasteiger partial charge is 0.480 e. The predicted octanol–water partition coefficient (Wildman–Crippen LogP) is -1.45. The first-order chi connectivity index (χ1) is 7.45. The topological polar surface area (TPSA) is 113 Å². The second-order valence-corrected chi connectivity index (χ2v) is 3.10. The zero-order chi connectivity index (χ0) is 12.3. The van der Waals surface area contributed by atoms with E-state index in [1.165, 1.54) is 0 Å². The molecular formula is C8H10N2O6. The van der Waals surface area contributed by atoms with E-state index < -0.39 is 36.5 Å². The Morgan fingerprint density at radius 1 is 1.50 bits per heavy atom. The number of ether oxygens (including phenoxy) is 1. The number of carboxylic acid groups (broad SMARTS) is 1. The lowest BCUT2D eigenvalue weighted by molar-refractivity contribution is -0.144. The van der Waals surface area contributed by atoms with Crippen LogP contribution in [0.15, 0.2) is 0 Å². The normalized spacial score (nSPS) is 19.6. The zero-order valence-electron chi connectivity index (χ0n) is 8.43. The third kappa shape index (κ3) is 2.47. The molecule has 0 radical (unpaired) electrons. The quantitative estimate of drug-likeness (QED) is 0.451. The molecule has 1 aliphatic heterocycles. The number of hydrogen-bond acceptors (Lipinski definition) is 5. The number of carboxylic acids is 1. The fourth-order valence-corrected chi connectivity index (χ4v) is 1.25. The minimum absolute atomic E-state index is 0.308. The number of carbonyl (C=O) groups excluding carboxylic acids is 3. The van der Waals surface area contributed by atoms with Gasteiger partial charge in [0.25, 0.3) is 5.91 Å². The number of carbonyl (C=O) groups is 4. The van der Waals surface area contributed by atoms with Crippen LogP contribution in [0.2, 0.25) is 0 Å². The molecule has 1 heterocycles. The Morgan fingerprint density at radius 3 is 2.62 bits per heavy atom. The van der Waals surface area contributed by atoms with E-state index in [0.717, 1.165) is 7.11 Å². The summed E-state index contributed by atoms with van der Waals surface area (Å²) < 4.78 is 4.33. The summed E-state index contributed by atoms with van der Waals surface area (Å²) in [7, 11) is 1.15. The second-order valence-electron chi connectivity index (χ2n) is 3.10. The number of hydrogen-bond donors (Lipinski definition) is 2. The molecular weight excluding hydrogens is 220 g/mol. The van der Waals surface area contributed by atoms with Gasteiger partial charge < -0.3 is 15.2 Å². The smallest absolute Gasteiger partial charge is 0.325 e. The molecule has 0 aromatic carbocycles. The third-order valence-corrected chi connectivity index (χ3v) is 2.00. The molecule has 0 aromatic heterocycles. The Hall–Kier alpha value is -2.12. The van der Waals surface area contributed by atoms with Crippen molar-refractivity contribution in [2.45, 2.75) is 12.5 Å². The predicted molar refractivity (Wildman–Crippen MR) is 48.3 cm³/mol. The molecule has 1 unspecified atom stereocenters. The number of esters is 1. The highest BCUT2D eigenvalue weighted by Gasteiger charge is 2.40. The molecule has 88 valence electrons. The lowest BCUT2D eigenvalue weighted by Crippen LogP contribution is -2.36. The molecule has 1 rings (SSSR count). The lowest BCUT2D eigenvalue weighted by Gasteiger charge is -2.08. The molecule has 1 saturated heterocycles. The zero-order valence-corrected chi connectivity index (χ0v) is 8.43. The van der Waals surface area contributed by atoms with Crippen molar-refractivity contribution in [3.63, 3.8) is 0 Å². The Labute approximate surface area is 90.2 Å². The molecule has 0 spiro atoms. The van der Waals surface area contributed by atoms with Gasteiger partial charge in [-0.15, -0.1) is 0 Å². The van der Waals surface area contributed by atoms with E-state index in [9.17, 15) is 19.2 Å². The summed E-state index contributed by atoms with van der Waals surface area (Å²) in [6.45, 7) is -0.720. The van der Waals surface area contributed by atoms with Crippen molar-refractivity contribution in [2.75, 3.05) is 13.7 Å². The van der Waals surface area contributed by atoms with E-state index in [0.29, 0.717) is 4.90 Å². The Kier molecular flexibility index (Phi) is 3.44. The Balaban J connectivity index is 2.66. The monoisotopic (exact) mass is 230 g/mol. The minimum Gasteiger partial charge on any atom is -0.480 e. The fraction of sp³-hybridized carbons (Fsp3) is 0.500. The number of rotatable bonds is 4. The summed E-state index contributed by atoms with van der Waals surface area (Å²) in [5.74, 6) is -2.70. The first-order valence-electron chi connectivity index (χ1n) is 4.36. The Morgan fingerprint density at radius 2 is 2.12 bits per heavy atom. The lowest BCUT2D eigenvalue weighted by atomic mass is 10.2. The number of aliphatic carboxylic acids is 1. The number of imide groups is 1. The maximum atomic E-state index is 11.5. The summed E-state index contributed by atoms with van der Waals surface area (Å²) in [6, 6.07) is -1.86. The van der Waals surface area contributed by atoms with Crippen LogP contribution in [0.5, 0.6) is 0 Å². The van der Waals surface area contributed by atoms with Gasteiger partial charge in [-0.1, -0.05) is 0 Å². The van der Waals surface area contributed by atoms with Gasteiger partial charge in [-0.3, -0.25) is 19.3 Å². The highest BCUT2D eigenvalue weighted by atomic mass is 16.5. The van der Waals surface area contributed by atoms with Gasteiger partial charge >= 0.3 is 18.0 Å². The summed E-state index contributed by atoms with van der Waals surface area (Å²) in [5, 5.41) is 10.7. The highest BCUT2D eigenvalue weighted by molar-refractivity contribution is 6.07. The number of nitrogens with zero attached hydrogens (tertiary/aromatic N) is 1. The average Bonchev–Trinajstić information content (AvgIpc) is 2.45. The van der Waals surface area contributed by atoms with Crippen molar-refractivity contribution >= 4 is 23.9 Å². The van der Waals surface area contributed by atoms with Crippen LogP contribution >= 0.6 is 0 Å². The van der Waals surface area contributed by atoms with Crippen LogP contribution in [0.1, 0.15) is 6.42 Å². The van der Waals surface area contributed by atoms with Crippen LogP contribution in [0.3, 0.4) is 0 Å². The molecule has 16 heavy (non-hydrogen) atoms. The van der Waals surface area contributed by atoms with Crippen LogP contribution in [0, 0.1) is 0 Å². The van der Waals surface area contributed by atoms with Gasteiger partial charge in [-0.2, -0.15) is 0 Å². The van der Waals surface area contributed by atoms with Crippen LogP contribution in [0.4, 0.5) is 4.79 Å². The van der Waals surface area contributed by atoms with Crippen molar-refractivity contribution < 1.29 is 29.0 Å². The van der Waals surface area contributed by atoms with E-state index in [4.69, 9.17) is 5.11 Å². The van der Waals surface area contributed by atoms with Crippen molar-refractivity contribution in [1.29, 1.82) is 0 Å². The van der Waals surface area contributed by atoms with Gasteiger partial charge in [0.1, 0.15) is 12.6 Å². The summed E-state index contributed by atoms with van der Waals surface area (Å²) in [5.41, 5.74) is 0. The first kappa shape index (κ1) is 12.0. The van der Waals surface area contributed by atoms with Crippen LogP contribution < -0.4 is 5.32 Å². The summed E-state index contributed by atoms with van der Waals surface area (Å²) >= 11 is 0. The molecule has 0 bridgehead atoms. The Bertz CT molecular complexity index is 352. The molecule has 0 aliphatic carbocycles. The van der Waals surface area contributed by atoms with Crippen molar-refractivity contribution in [1.82, 2.24) is 10.2 Å². The van der Waals surface area contributed by atoms with Gasteiger partial charge in [-0.05, 0) is 0 Å². The van der Waals surface area contributed by atoms with Crippen LogP contribution in [0.25, 0.3) is 0 Å². The third-order valence-electron chi connectivity index (χ3n) is 2.00. The SMILES string of the molecule is COC(=O)CC1NC(=O)N(CC(=O)O)C1=O. The van der Waals surface area contributed by atoms with E-state index in [-0.39, 0.29) is 6.42 Å². The van der Waals surface area contributed by atoms with E-state index >= 15 is 0 Å². The molecule has 8 heteroatoms. The fourth-order valence-electron chi connectivity index (χ4n) is 1.25. The molecule has 1 fully saturated rings. The maximum Gasteiger partial charge on any atom is 0.325 e. The maximum absolute atomic E-state index is 11.5. The molecule has 2 N–H and O–H groups in total. The number of methoxy groups -OCH3 is 1. The number of urea groups is 1. The van der Waals surface area contributed by atoms with Crippen molar-refractivity contribution in [2.24, 2.45) is 0 Å². The molecule has 0 saturated carbocycles. The van der Waals surface area contributed by atoms with Gasteiger partial charge in [0.15, 0.2) is 0 Å². The van der Waals surface area contributed by atoms with Gasteiger partial charge in [0.2, 0.25) is 0 Å². The molecule has 8 nitrogen and oxygen atoms in total. The molecule has 1 aliphatic rings. The summed E-state index contributed by atoms with van der Waals surface area (Å²) in [4.78, 5) is 44.4. The standard InChI is InChI=1S/C8H10N2O6/c1-16-6(13)2-4-7(14)10(3-5(11)12)8(15)9-4/h4H,2-3H2,1H3,(H,9,15)(H,11,12). The van der Waals surface area contributed by atoms with E-state index in [1.54, 1.807) is 0 Å². The molecule has 1 atom stereocenters. The minimum atomic E-state index is -1.30. The van der Waals surface area contributed by atoms with Gasteiger partial charge in [0.05, 0.1) is 13.5 Å². The average molecular weight is 230 g/mol. The molecule has 0 aromatic rings. The summed E-state index contributed by atoms with van der Waals surface area (Å²) in [6.07, 6.45) is -0.308. The van der Waals surface area contributed by atoms with Crippen LogP contribution in [-0.4, -0.2) is 53.6 Å². The number of amides is 3. The first-order valence-corrected chi connectivity index (χ1v) is 4.36. The van der Waals surface area contributed by atoms with Crippen molar-refractivity contribution in [3.05, 3.63) is 0 Å².